The molecule has 2 aromatic carbocycles. The van der Waals surface area contributed by atoms with Crippen molar-refractivity contribution in [1.82, 2.24) is 4.98 Å². The molecule has 0 spiro atoms. The summed E-state index contributed by atoms with van der Waals surface area (Å²) in [4.78, 5) is 10.5. The van der Waals surface area contributed by atoms with E-state index < -0.39 is 17.6 Å². The minimum Gasteiger partial charge on any atom is -0.339 e. The van der Waals surface area contributed by atoms with Crippen LogP contribution in [0.2, 0.25) is 0 Å². The first-order chi connectivity index (χ1) is 12.9. The second kappa shape index (κ2) is 6.50. The molecule has 0 radical (unpaired) electrons. The number of aliphatic imine (C=N–C) groups is 1. The number of anilines is 1. The van der Waals surface area contributed by atoms with E-state index in [4.69, 9.17) is 0 Å². The Morgan fingerprint density at radius 2 is 1.85 bits per heavy atom. The van der Waals surface area contributed by atoms with E-state index in [0.717, 1.165) is 23.2 Å². The quantitative estimate of drug-likeness (QED) is 0.563. The summed E-state index contributed by atoms with van der Waals surface area (Å²) in [5.41, 5.74) is 0.726. The average Bonchev–Trinajstić information content (AvgIpc) is 2.66. The van der Waals surface area contributed by atoms with Gasteiger partial charge in [0, 0.05) is 29.6 Å². The topological polar surface area (TPSA) is 28.5 Å². The van der Waals surface area contributed by atoms with Crippen molar-refractivity contribution in [1.29, 1.82) is 0 Å². The van der Waals surface area contributed by atoms with Gasteiger partial charge in [0.2, 0.25) is 0 Å². The molecule has 0 saturated heterocycles. The van der Waals surface area contributed by atoms with Crippen LogP contribution in [-0.2, 0) is 6.18 Å². The number of hydrogen-bond acceptors (Lipinski definition) is 3. The van der Waals surface area contributed by atoms with Crippen molar-refractivity contribution >= 4 is 22.8 Å². The number of alkyl halides is 3. The molecule has 136 valence electrons. The van der Waals surface area contributed by atoms with Crippen molar-refractivity contribution in [2.24, 2.45) is 4.99 Å². The maximum atomic E-state index is 13.8. The smallest absolute Gasteiger partial charge is 0.339 e. The van der Waals surface area contributed by atoms with Crippen molar-refractivity contribution in [3.05, 3.63) is 72.3 Å². The fourth-order valence-corrected chi connectivity index (χ4v) is 2.98. The summed E-state index contributed by atoms with van der Waals surface area (Å²) in [6.45, 7) is 0.555. The first-order valence-electron chi connectivity index (χ1n) is 8.15. The van der Waals surface area contributed by atoms with Crippen LogP contribution in [0.1, 0.15) is 5.56 Å². The number of rotatable bonds is 2. The predicted octanol–water partition coefficient (Wildman–Crippen LogP) is 5.42. The predicted molar refractivity (Wildman–Crippen MR) is 97.1 cm³/mol. The van der Waals surface area contributed by atoms with Gasteiger partial charge in [0.25, 0.3) is 0 Å². The Bertz CT molecular complexity index is 1070. The summed E-state index contributed by atoms with van der Waals surface area (Å²) in [6.07, 6.45) is 0.559. The molecule has 0 bridgehead atoms. The highest BCUT2D eigenvalue weighted by Gasteiger charge is 2.31. The second-order valence-corrected chi connectivity index (χ2v) is 6.05. The number of nitrogens with zero attached hydrogens (tertiary/aromatic N) is 3. The Morgan fingerprint density at radius 3 is 2.59 bits per heavy atom. The average molecular weight is 371 g/mol. The van der Waals surface area contributed by atoms with E-state index in [1.807, 2.05) is 23.1 Å². The summed E-state index contributed by atoms with van der Waals surface area (Å²) in [6, 6.07) is 11.4. The molecule has 3 aromatic rings. The van der Waals surface area contributed by atoms with E-state index in [1.54, 1.807) is 30.7 Å². The number of fused-ring (bicyclic) bond motifs is 1. The van der Waals surface area contributed by atoms with Crippen molar-refractivity contribution < 1.29 is 17.6 Å². The summed E-state index contributed by atoms with van der Waals surface area (Å²) in [7, 11) is 0. The first kappa shape index (κ1) is 17.2. The minimum atomic E-state index is -4.63. The summed E-state index contributed by atoms with van der Waals surface area (Å²) in [5.74, 6) is -0.954. The largest absolute Gasteiger partial charge is 0.416 e. The molecule has 0 atom stereocenters. The van der Waals surface area contributed by atoms with Crippen LogP contribution in [0.3, 0.4) is 0 Å². The number of halogens is 4. The fourth-order valence-electron chi connectivity index (χ4n) is 2.98. The SMILES string of the molecule is Fc1cc(-c2ccc3cccc(N4C=CN=CC4)c3n2)cc(C(F)(F)F)c1. The Kier molecular flexibility index (Phi) is 4.14. The maximum Gasteiger partial charge on any atom is 0.416 e. The van der Waals surface area contributed by atoms with Crippen molar-refractivity contribution in [2.75, 3.05) is 11.4 Å². The van der Waals surface area contributed by atoms with Gasteiger partial charge in [0.05, 0.1) is 29.0 Å². The zero-order chi connectivity index (χ0) is 19.0. The lowest BCUT2D eigenvalue weighted by Crippen LogP contribution is -2.20. The molecule has 0 saturated carbocycles. The zero-order valence-electron chi connectivity index (χ0n) is 13.9. The number of para-hydroxylation sites is 1. The molecule has 27 heavy (non-hydrogen) atoms. The number of benzene rings is 2. The minimum absolute atomic E-state index is 0.0785. The third-order valence-electron chi connectivity index (χ3n) is 4.25. The van der Waals surface area contributed by atoms with E-state index in [0.29, 0.717) is 18.1 Å². The molecule has 3 nitrogen and oxygen atoms in total. The van der Waals surface area contributed by atoms with E-state index in [9.17, 15) is 17.6 Å². The van der Waals surface area contributed by atoms with Gasteiger partial charge < -0.3 is 4.90 Å². The van der Waals surface area contributed by atoms with E-state index in [-0.39, 0.29) is 11.3 Å². The lowest BCUT2D eigenvalue weighted by Gasteiger charge is -2.21. The van der Waals surface area contributed by atoms with E-state index >= 15 is 0 Å². The highest BCUT2D eigenvalue weighted by molar-refractivity contribution is 5.94. The van der Waals surface area contributed by atoms with Gasteiger partial charge in [-0.25, -0.2) is 9.37 Å². The molecule has 2 heterocycles. The molecule has 0 fully saturated rings. The Hall–Kier alpha value is -3.22. The lowest BCUT2D eigenvalue weighted by molar-refractivity contribution is -0.137. The summed E-state index contributed by atoms with van der Waals surface area (Å²) >= 11 is 0. The van der Waals surface area contributed by atoms with Crippen LogP contribution in [-0.4, -0.2) is 17.7 Å². The van der Waals surface area contributed by atoms with Crippen LogP contribution < -0.4 is 4.90 Å². The fraction of sp³-hybridized carbons (Fsp3) is 0.100. The molecule has 1 aliphatic heterocycles. The van der Waals surface area contributed by atoms with Crippen LogP contribution in [0.5, 0.6) is 0 Å². The molecule has 0 N–H and O–H groups in total. The van der Waals surface area contributed by atoms with Gasteiger partial charge in [0.15, 0.2) is 0 Å². The maximum absolute atomic E-state index is 13.8. The second-order valence-electron chi connectivity index (χ2n) is 6.05. The highest BCUT2D eigenvalue weighted by Crippen LogP contribution is 2.34. The molecular weight excluding hydrogens is 358 g/mol. The van der Waals surface area contributed by atoms with Crippen molar-refractivity contribution in [3.8, 4) is 11.3 Å². The van der Waals surface area contributed by atoms with Gasteiger partial charge in [-0.3, -0.25) is 4.99 Å². The molecule has 4 rings (SSSR count). The Morgan fingerprint density at radius 1 is 1.00 bits per heavy atom. The molecule has 0 amide bonds. The number of aromatic nitrogens is 1. The molecule has 0 unspecified atom stereocenters. The van der Waals surface area contributed by atoms with Gasteiger partial charge >= 0.3 is 6.18 Å². The number of pyridine rings is 1. The van der Waals surface area contributed by atoms with Crippen LogP contribution in [0.15, 0.2) is 65.9 Å². The molecule has 1 aromatic heterocycles. The highest BCUT2D eigenvalue weighted by atomic mass is 19.4. The summed E-state index contributed by atoms with van der Waals surface area (Å²) in [5, 5.41) is 0.833. The standard InChI is InChI=1S/C20H13F4N3/c21-16-11-14(10-15(12-16)20(22,23)24)17-5-4-13-2-1-3-18(19(13)26-17)27-8-6-25-7-9-27/h1-8,10-12H,9H2. The van der Waals surface area contributed by atoms with E-state index in [1.165, 1.54) is 0 Å². The molecule has 1 aliphatic rings. The molecular formula is C20H13F4N3. The Labute approximate surface area is 152 Å². The third-order valence-corrected chi connectivity index (χ3v) is 4.25. The summed E-state index contributed by atoms with van der Waals surface area (Å²) < 4.78 is 52.8. The van der Waals surface area contributed by atoms with Crippen LogP contribution >= 0.6 is 0 Å². The molecule has 7 heteroatoms. The molecule has 0 aliphatic carbocycles. The van der Waals surface area contributed by atoms with Gasteiger partial charge in [-0.15, -0.1) is 0 Å². The van der Waals surface area contributed by atoms with Crippen LogP contribution in [0, 0.1) is 5.82 Å². The van der Waals surface area contributed by atoms with Crippen molar-refractivity contribution in [2.45, 2.75) is 6.18 Å². The monoisotopic (exact) mass is 371 g/mol. The van der Waals surface area contributed by atoms with Crippen LogP contribution in [0.25, 0.3) is 22.2 Å². The third kappa shape index (κ3) is 3.40. The Balaban J connectivity index is 1.86. The first-order valence-corrected chi connectivity index (χ1v) is 8.15. The van der Waals surface area contributed by atoms with Crippen LogP contribution in [0.4, 0.5) is 23.2 Å². The van der Waals surface area contributed by atoms with Gasteiger partial charge in [-0.1, -0.05) is 18.2 Å². The zero-order valence-corrected chi connectivity index (χ0v) is 13.9. The number of hydrogen-bond donors (Lipinski definition) is 0. The van der Waals surface area contributed by atoms with Gasteiger partial charge in [-0.2, -0.15) is 13.2 Å². The van der Waals surface area contributed by atoms with Crippen molar-refractivity contribution in [3.63, 3.8) is 0 Å². The van der Waals surface area contributed by atoms with E-state index in [2.05, 4.69) is 9.98 Å². The van der Waals surface area contributed by atoms with Gasteiger partial charge in [0.1, 0.15) is 5.82 Å². The normalized spacial score (nSPS) is 14.1. The van der Waals surface area contributed by atoms with Gasteiger partial charge in [-0.05, 0) is 30.3 Å². The lowest BCUT2D eigenvalue weighted by atomic mass is 10.0.